The lowest BCUT2D eigenvalue weighted by Gasteiger charge is -2.31. The lowest BCUT2D eigenvalue weighted by atomic mass is 9.94. The summed E-state index contributed by atoms with van der Waals surface area (Å²) in [4.78, 5) is 21.6. The smallest absolute Gasteiger partial charge is 0.265 e. The molecule has 8 heteroatoms. The number of anilines is 1. The van der Waals surface area contributed by atoms with Gasteiger partial charge in [-0.2, -0.15) is 0 Å². The molecule has 1 fully saturated rings. The highest BCUT2D eigenvalue weighted by molar-refractivity contribution is 7.17. The van der Waals surface area contributed by atoms with Gasteiger partial charge in [-0.25, -0.2) is 4.98 Å². The monoisotopic (exact) mass is 418 g/mol. The maximum atomic E-state index is 12.9. The molecule has 1 aromatic carbocycles. The molecule has 3 N–H and O–H groups in total. The van der Waals surface area contributed by atoms with Crippen molar-refractivity contribution >= 4 is 22.4 Å². The Labute approximate surface area is 176 Å². The Kier molecular flexibility index (Phi) is 6.77. The first-order valence-electron chi connectivity index (χ1n) is 9.86. The first-order chi connectivity index (χ1) is 13.8. The van der Waals surface area contributed by atoms with Crippen LogP contribution in [0.2, 0.25) is 0 Å². The number of carbonyl (C=O) groups is 1. The Hall–Kier alpha value is -2.16. The second-order valence-electron chi connectivity index (χ2n) is 7.86. The van der Waals surface area contributed by atoms with Crippen molar-refractivity contribution in [1.29, 1.82) is 0 Å². The minimum atomic E-state index is -0.808. The standard InChI is InChI=1S/C21H30N4O3S/c1-15-18(29-20(22)23-15)19(26)25-11-4-9-21(27,10-12-25)14-24(2)13-16-5-7-17(28-3)8-6-16/h5-8,27H,4,9-14H2,1-3H3,(H2,22,23)/t21-/m1/s1. The highest BCUT2D eigenvalue weighted by Crippen LogP contribution is 2.27. The number of nitrogens with two attached hydrogens (primary N) is 1. The third kappa shape index (κ3) is 5.46. The molecule has 29 heavy (non-hydrogen) atoms. The summed E-state index contributed by atoms with van der Waals surface area (Å²) in [7, 11) is 3.67. The molecule has 158 valence electrons. The molecule has 1 aliphatic heterocycles. The van der Waals surface area contributed by atoms with Gasteiger partial charge in [0.2, 0.25) is 0 Å². The number of hydrogen-bond donors (Lipinski definition) is 2. The van der Waals surface area contributed by atoms with Crippen LogP contribution in [0.1, 0.15) is 40.2 Å². The second-order valence-corrected chi connectivity index (χ2v) is 8.89. The highest BCUT2D eigenvalue weighted by Gasteiger charge is 2.33. The minimum absolute atomic E-state index is 0.0347. The minimum Gasteiger partial charge on any atom is -0.497 e. The maximum Gasteiger partial charge on any atom is 0.265 e. The zero-order valence-corrected chi connectivity index (χ0v) is 18.2. The first kappa shape index (κ1) is 21.5. The molecule has 7 nitrogen and oxygen atoms in total. The van der Waals surface area contributed by atoms with Crippen molar-refractivity contribution in [2.45, 2.75) is 38.3 Å². The molecular formula is C21H30N4O3S. The Bertz CT molecular complexity index is 839. The van der Waals surface area contributed by atoms with Gasteiger partial charge in [-0.15, -0.1) is 0 Å². The van der Waals surface area contributed by atoms with Gasteiger partial charge < -0.3 is 20.5 Å². The van der Waals surface area contributed by atoms with E-state index in [1.165, 1.54) is 16.9 Å². The van der Waals surface area contributed by atoms with E-state index in [4.69, 9.17) is 10.5 Å². The molecule has 0 radical (unpaired) electrons. The van der Waals surface area contributed by atoms with Gasteiger partial charge in [0.1, 0.15) is 10.6 Å². The molecule has 0 aliphatic carbocycles. The van der Waals surface area contributed by atoms with Crippen molar-refractivity contribution in [2.24, 2.45) is 0 Å². The quantitative estimate of drug-likeness (QED) is 0.749. The maximum absolute atomic E-state index is 12.9. The molecule has 0 saturated carbocycles. The van der Waals surface area contributed by atoms with Gasteiger partial charge in [0, 0.05) is 26.2 Å². The van der Waals surface area contributed by atoms with E-state index in [1.807, 2.05) is 43.1 Å². The third-order valence-electron chi connectivity index (χ3n) is 5.39. The fourth-order valence-electron chi connectivity index (χ4n) is 3.90. The summed E-state index contributed by atoms with van der Waals surface area (Å²) in [5.41, 5.74) is 6.78. The normalized spacial score (nSPS) is 20.0. The number of nitrogens with zero attached hydrogens (tertiary/aromatic N) is 3. The van der Waals surface area contributed by atoms with E-state index >= 15 is 0 Å². The number of amides is 1. The number of nitrogen functional groups attached to an aromatic ring is 1. The summed E-state index contributed by atoms with van der Waals surface area (Å²) < 4.78 is 5.20. The van der Waals surface area contributed by atoms with Crippen molar-refractivity contribution in [3.8, 4) is 5.75 Å². The van der Waals surface area contributed by atoms with Gasteiger partial charge >= 0.3 is 0 Å². The Balaban J connectivity index is 1.58. The summed E-state index contributed by atoms with van der Waals surface area (Å²) >= 11 is 1.23. The number of likely N-dealkylation sites (N-methyl/N-ethyl adjacent to an activating group) is 1. The van der Waals surface area contributed by atoms with E-state index in [9.17, 15) is 9.90 Å². The van der Waals surface area contributed by atoms with Crippen molar-refractivity contribution in [1.82, 2.24) is 14.8 Å². The van der Waals surface area contributed by atoms with Crippen LogP contribution in [0, 0.1) is 6.92 Å². The van der Waals surface area contributed by atoms with E-state index in [2.05, 4.69) is 9.88 Å². The van der Waals surface area contributed by atoms with Crippen LogP contribution in [0.5, 0.6) is 5.75 Å². The van der Waals surface area contributed by atoms with E-state index in [1.54, 1.807) is 7.11 Å². The number of hydrogen-bond acceptors (Lipinski definition) is 7. The molecule has 3 rings (SSSR count). The number of aromatic nitrogens is 1. The van der Waals surface area contributed by atoms with E-state index in [-0.39, 0.29) is 5.91 Å². The Morgan fingerprint density at radius 1 is 1.34 bits per heavy atom. The summed E-state index contributed by atoms with van der Waals surface area (Å²) in [6.45, 7) is 4.29. The molecule has 1 saturated heterocycles. The Morgan fingerprint density at radius 3 is 2.69 bits per heavy atom. The molecular weight excluding hydrogens is 388 g/mol. The number of thiazole rings is 1. The van der Waals surface area contributed by atoms with Gasteiger partial charge in [0.15, 0.2) is 5.13 Å². The summed E-state index contributed by atoms with van der Waals surface area (Å²) in [6, 6.07) is 7.97. The van der Waals surface area contributed by atoms with Crippen LogP contribution in [-0.4, -0.2) is 65.2 Å². The van der Waals surface area contributed by atoms with Crippen molar-refractivity contribution in [3.63, 3.8) is 0 Å². The van der Waals surface area contributed by atoms with Gasteiger partial charge in [0.05, 0.1) is 18.4 Å². The van der Waals surface area contributed by atoms with E-state index in [0.717, 1.165) is 18.7 Å². The number of rotatable bonds is 6. The summed E-state index contributed by atoms with van der Waals surface area (Å²) in [5.74, 6) is 0.800. The highest BCUT2D eigenvalue weighted by atomic mass is 32.1. The predicted molar refractivity (Wildman–Crippen MR) is 115 cm³/mol. The van der Waals surface area contributed by atoms with Crippen LogP contribution in [0.15, 0.2) is 24.3 Å². The molecule has 1 aliphatic rings. The number of aliphatic hydroxyl groups is 1. The lowest BCUT2D eigenvalue weighted by Crippen LogP contribution is -2.42. The average Bonchev–Trinajstić information content (AvgIpc) is 2.90. The predicted octanol–water partition coefficient (Wildman–Crippen LogP) is 2.53. The number of carbonyl (C=O) groups excluding carboxylic acids is 1. The average molecular weight is 419 g/mol. The molecule has 2 heterocycles. The van der Waals surface area contributed by atoms with Gasteiger partial charge in [-0.3, -0.25) is 9.69 Å². The second kappa shape index (κ2) is 9.11. The SMILES string of the molecule is COc1ccc(CN(C)C[C@@]2(O)CCCN(C(=O)c3sc(N)nc3C)CC2)cc1. The van der Waals surface area contributed by atoms with Crippen LogP contribution >= 0.6 is 11.3 Å². The largest absolute Gasteiger partial charge is 0.497 e. The van der Waals surface area contributed by atoms with Gasteiger partial charge in [0.25, 0.3) is 5.91 Å². The van der Waals surface area contributed by atoms with Crippen LogP contribution in [0.3, 0.4) is 0 Å². The summed E-state index contributed by atoms with van der Waals surface area (Å²) in [6.07, 6.45) is 2.00. The topological polar surface area (TPSA) is 91.9 Å². The third-order valence-corrected chi connectivity index (χ3v) is 6.36. The first-order valence-corrected chi connectivity index (χ1v) is 10.7. The molecule has 2 aromatic rings. The molecule has 0 unspecified atom stereocenters. The fourth-order valence-corrected chi connectivity index (χ4v) is 4.70. The van der Waals surface area contributed by atoms with E-state index in [0.29, 0.717) is 48.2 Å². The van der Waals surface area contributed by atoms with E-state index < -0.39 is 5.60 Å². The number of ether oxygens (including phenoxy) is 1. The number of methoxy groups -OCH3 is 1. The van der Waals surface area contributed by atoms with Gasteiger partial charge in [-0.1, -0.05) is 23.5 Å². The van der Waals surface area contributed by atoms with Crippen LogP contribution in [0.4, 0.5) is 5.13 Å². The molecule has 0 bridgehead atoms. The van der Waals surface area contributed by atoms with Crippen LogP contribution < -0.4 is 10.5 Å². The number of benzene rings is 1. The van der Waals surface area contributed by atoms with Crippen molar-refractivity contribution < 1.29 is 14.6 Å². The zero-order valence-electron chi connectivity index (χ0n) is 17.4. The number of likely N-dealkylation sites (tertiary alicyclic amines) is 1. The Morgan fingerprint density at radius 2 is 2.07 bits per heavy atom. The summed E-state index contributed by atoms with van der Waals surface area (Å²) in [5, 5.41) is 11.6. The van der Waals surface area contributed by atoms with Crippen LogP contribution in [0.25, 0.3) is 0 Å². The van der Waals surface area contributed by atoms with Crippen LogP contribution in [-0.2, 0) is 6.54 Å². The molecule has 1 amide bonds. The fraction of sp³-hybridized carbons (Fsp3) is 0.524. The zero-order chi connectivity index (χ0) is 21.0. The lowest BCUT2D eigenvalue weighted by molar-refractivity contribution is -0.00399. The number of aryl methyl sites for hydroxylation is 1. The molecule has 0 spiro atoms. The van der Waals surface area contributed by atoms with Crippen molar-refractivity contribution in [2.75, 3.05) is 39.5 Å². The molecule has 1 atom stereocenters. The van der Waals surface area contributed by atoms with Crippen molar-refractivity contribution in [3.05, 3.63) is 40.4 Å². The molecule has 1 aromatic heterocycles. The van der Waals surface area contributed by atoms with Gasteiger partial charge in [-0.05, 0) is 50.9 Å².